The summed E-state index contributed by atoms with van der Waals surface area (Å²) in [6.07, 6.45) is -1.20. The van der Waals surface area contributed by atoms with Crippen molar-refractivity contribution in [3.8, 4) is 0 Å². The molecule has 0 aliphatic carbocycles. The van der Waals surface area contributed by atoms with Gasteiger partial charge < -0.3 is 15.5 Å². The van der Waals surface area contributed by atoms with Crippen molar-refractivity contribution in [1.82, 2.24) is 5.32 Å². The number of piperidine rings is 1. The van der Waals surface area contributed by atoms with E-state index in [1.54, 1.807) is 0 Å². The maximum atomic E-state index is 9.42. The van der Waals surface area contributed by atoms with Crippen LogP contribution in [0.5, 0.6) is 0 Å². The lowest BCUT2D eigenvalue weighted by Crippen LogP contribution is -2.55. The first-order valence-corrected chi connectivity index (χ1v) is 3.61. The molecule has 0 aromatic carbocycles. The molecule has 0 radical (unpaired) electrons. The van der Waals surface area contributed by atoms with Gasteiger partial charge in [0.15, 0.2) is 0 Å². The van der Waals surface area contributed by atoms with E-state index in [9.17, 15) is 10.2 Å². The molecule has 2 atom stereocenters. The van der Waals surface area contributed by atoms with Gasteiger partial charge in [-0.2, -0.15) is 0 Å². The smallest absolute Gasteiger partial charge is 0.0928 e. The third-order valence-corrected chi connectivity index (χ3v) is 2.10. The van der Waals surface area contributed by atoms with Crippen LogP contribution < -0.4 is 5.32 Å². The molecule has 3 N–H and O–H groups in total. The van der Waals surface area contributed by atoms with Crippen LogP contribution in [0, 0.1) is 5.41 Å². The van der Waals surface area contributed by atoms with Crippen molar-refractivity contribution in [3.63, 3.8) is 0 Å². The average molecular weight is 145 g/mol. The fourth-order valence-corrected chi connectivity index (χ4v) is 1.28. The van der Waals surface area contributed by atoms with Crippen LogP contribution in [0.15, 0.2) is 0 Å². The first kappa shape index (κ1) is 7.98. The molecule has 0 amide bonds. The third-order valence-electron chi connectivity index (χ3n) is 2.10. The Kier molecular flexibility index (Phi) is 1.99. The average Bonchev–Trinajstić information content (AvgIpc) is 1.83. The molecule has 0 saturated carbocycles. The van der Waals surface area contributed by atoms with Crippen molar-refractivity contribution in [2.75, 3.05) is 13.1 Å². The summed E-state index contributed by atoms with van der Waals surface area (Å²) < 4.78 is 0. The van der Waals surface area contributed by atoms with Gasteiger partial charge in [0.1, 0.15) is 0 Å². The van der Waals surface area contributed by atoms with Crippen LogP contribution in [0.25, 0.3) is 0 Å². The van der Waals surface area contributed by atoms with Gasteiger partial charge in [-0.15, -0.1) is 0 Å². The molecule has 3 nitrogen and oxygen atoms in total. The Balaban J connectivity index is 2.60. The second-order valence-electron chi connectivity index (χ2n) is 3.63. The lowest BCUT2D eigenvalue weighted by molar-refractivity contribution is -0.0699. The Morgan fingerprint density at radius 1 is 1.40 bits per heavy atom. The van der Waals surface area contributed by atoms with E-state index in [0.717, 1.165) is 6.54 Å². The maximum absolute atomic E-state index is 9.42. The maximum Gasteiger partial charge on any atom is 0.0928 e. The fraction of sp³-hybridized carbons (Fsp3) is 1.00. The van der Waals surface area contributed by atoms with Crippen molar-refractivity contribution < 1.29 is 10.2 Å². The highest BCUT2D eigenvalue weighted by atomic mass is 16.3. The Hall–Kier alpha value is -0.120. The molecular weight excluding hydrogens is 130 g/mol. The number of aliphatic hydroxyl groups excluding tert-OH is 2. The number of aliphatic hydroxyl groups is 2. The lowest BCUT2D eigenvalue weighted by atomic mass is 9.81. The summed E-state index contributed by atoms with van der Waals surface area (Å²) >= 11 is 0. The largest absolute Gasteiger partial charge is 0.390 e. The summed E-state index contributed by atoms with van der Waals surface area (Å²) in [6.45, 7) is 5.15. The van der Waals surface area contributed by atoms with Crippen molar-refractivity contribution in [1.29, 1.82) is 0 Å². The van der Waals surface area contributed by atoms with Crippen LogP contribution >= 0.6 is 0 Å². The van der Waals surface area contributed by atoms with Gasteiger partial charge in [-0.1, -0.05) is 13.8 Å². The van der Waals surface area contributed by atoms with Crippen molar-refractivity contribution in [2.45, 2.75) is 26.1 Å². The van der Waals surface area contributed by atoms with Crippen molar-refractivity contribution >= 4 is 0 Å². The molecule has 1 aliphatic rings. The van der Waals surface area contributed by atoms with Gasteiger partial charge >= 0.3 is 0 Å². The molecule has 0 spiro atoms. The first-order chi connectivity index (χ1) is 4.54. The van der Waals surface area contributed by atoms with Gasteiger partial charge in [0.2, 0.25) is 0 Å². The minimum absolute atomic E-state index is 0.197. The van der Waals surface area contributed by atoms with Gasteiger partial charge in [0, 0.05) is 18.5 Å². The predicted octanol–water partition coefficient (Wildman–Crippen LogP) is -0.662. The quantitative estimate of drug-likeness (QED) is 0.424. The molecule has 1 heterocycles. The van der Waals surface area contributed by atoms with Crippen LogP contribution in [-0.4, -0.2) is 35.5 Å². The molecule has 1 aliphatic heterocycles. The monoisotopic (exact) mass is 145 g/mol. The van der Waals surface area contributed by atoms with Crippen LogP contribution in [-0.2, 0) is 0 Å². The zero-order chi connectivity index (χ0) is 7.78. The number of nitrogens with one attached hydrogen (secondary N) is 1. The van der Waals surface area contributed by atoms with E-state index in [1.165, 1.54) is 0 Å². The highest BCUT2D eigenvalue weighted by molar-refractivity contribution is 4.90. The summed E-state index contributed by atoms with van der Waals surface area (Å²) in [5, 5.41) is 21.7. The van der Waals surface area contributed by atoms with Crippen molar-refractivity contribution in [2.24, 2.45) is 5.41 Å². The number of rotatable bonds is 0. The molecule has 0 aromatic heterocycles. The molecule has 0 unspecified atom stereocenters. The lowest BCUT2D eigenvalue weighted by Gasteiger charge is -2.38. The van der Waals surface area contributed by atoms with Crippen molar-refractivity contribution in [3.05, 3.63) is 0 Å². The Bertz CT molecular complexity index is 125. The zero-order valence-electron chi connectivity index (χ0n) is 6.46. The normalized spacial score (nSPS) is 39.6. The van der Waals surface area contributed by atoms with E-state index in [4.69, 9.17) is 0 Å². The first-order valence-electron chi connectivity index (χ1n) is 3.61. The Morgan fingerprint density at radius 2 is 2.00 bits per heavy atom. The highest BCUT2D eigenvalue weighted by Crippen LogP contribution is 2.24. The topological polar surface area (TPSA) is 52.5 Å². The minimum atomic E-state index is -0.608. The van der Waals surface area contributed by atoms with Gasteiger partial charge in [-0.25, -0.2) is 0 Å². The van der Waals surface area contributed by atoms with Gasteiger partial charge in [0.25, 0.3) is 0 Å². The number of hydrogen-bond donors (Lipinski definition) is 3. The van der Waals surface area contributed by atoms with Crippen LogP contribution in [0.3, 0.4) is 0 Å². The Morgan fingerprint density at radius 3 is 2.40 bits per heavy atom. The SMILES string of the molecule is CC1(C)CNC[C@H](O)[C@H]1O. The summed E-state index contributed by atoms with van der Waals surface area (Å²) in [4.78, 5) is 0. The van der Waals surface area contributed by atoms with E-state index in [2.05, 4.69) is 5.32 Å². The van der Waals surface area contributed by atoms with E-state index < -0.39 is 12.2 Å². The van der Waals surface area contributed by atoms with E-state index >= 15 is 0 Å². The zero-order valence-corrected chi connectivity index (χ0v) is 6.46. The van der Waals surface area contributed by atoms with E-state index in [-0.39, 0.29) is 5.41 Å². The molecule has 1 rings (SSSR count). The molecular formula is C7H15NO2. The molecule has 60 valence electrons. The summed E-state index contributed by atoms with van der Waals surface area (Å²) in [5.74, 6) is 0. The van der Waals surface area contributed by atoms with Crippen LogP contribution in [0.1, 0.15) is 13.8 Å². The summed E-state index contributed by atoms with van der Waals surface area (Å²) in [6, 6.07) is 0. The Labute approximate surface area is 61.1 Å². The predicted molar refractivity (Wildman–Crippen MR) is 38.7 cm³/mol. The molecule has 3 heteroatoms. The van der Waals surface area contributed by atoms with E-state index in [0.29, 0.717) is 6.54 Å². The second-order valence-corrected chi connectivity index (χ2v) is 3.63. The highest BCUT2D eigenvalue weighted by Gasteiger charge is 2.36. The van der Waals surface area contributed by atoms with Gasteiger partial charge in [0.05, 0.1) is 12.2 Å². The second kappa shape index (κ2) is 2.49. The number of hydrogen-bond acceptors (Lipinski definition) is 3. The van der Waals surface area contributed by atoms with Gasteiger partial charge in [-0.3, -0.25) is 0 Å². The molecule has 1 fully saturated rings. The van der Waals surface area contributed by atoms with E-state index in [1.807, 2.05) is 13.8 Å². The molecule has 1 saturated heterocycles. The summed E-state index contributed by atoms with van der Waals surface area (Å²) in [5.41, 5.74) is -0.197. The molecule has 0 aromatic rings. The minimum Gasteiger partial charge on any atom is -0.390 e. The standard InChI is InChI=1S/C7H15NO2/c1-7(2)4-8-3-5(9)6(7)10/h5-6,8-10H,3-4H2,1-2H3/t5-,6+/m0/s1. The molecule has 10 heavy (non-hydrogen) atoms. The van der Waals surface area contributed by atoms with Crippen LogP contribution in [0.4, 0.5) is 0 Å². The third kappa shape index (κ3) is 1.31. The molecule has 0 bridgehead atoms. The fourth-order valence-electron chi connectivity index (χ4n) is 1.28. The summed E-state index contributed by atoms with van der Waals surface area (Å²) in [7, 11) is 0. The number of β-amino-alcohol motifs (C(OH)–C–C–N with tert-alkyl or cyclic N) is 1. The van der Waals surface area contributed by atoms with Gasteiger partial charge in [-0.05, 0) is 0 Å². The van der Waals surface area contributed by atoms with Crippen LogP contribution in [0.2, 0.25) is 0 Å².